The van der Waals surface area contributed by atoms with Crippen molar-refractivity contribution in [3.63, 3.8) is 0 Å². The number of hydrogen-bond donors (Lipinski definition) is 1. The fourth-order valence-corrected chi connectivity index (χ4v) is 2.85. The fourth-order valence-electron chi connectivity index (χ4n) is 1.64. The Labute approximate surface area is 125 Å². The van der Waals surface area contributed by atoms with Crippen molar-refractivity contribution in [3.8, 4) is 0 Å². The molecule has 20 heavy (non-hydrogen) atoms. The van der Waals surface area contributed by atoms with Crippen LogP contribution in [-0.4, -0.2) is 15.8 Å². The van der Waals surface area contributed by atoms with Crippen LogP contribution in [0.3, 0.4) is 0 Å². The first kappa shape index (κ1) is 14.8. The molecule has 0 spiro atoms. The summed E-state index contributed by atoms with van der Waals surface area (Å²) < 4.78 is 0. The Morgan fingerprint density at radius 3 is 2.45 bits per heavy atom. The summed E-state index contributed by atoms with van der Waals surface area (Å²) in [5.41, 5.74) is 0.662. The van der Waals surface area contributed by atoms with Crippen LogP contribution >= 0.6 is 23.4 Å². The third-order valence-corrected chi connectivity index (χ3v) is 4.31. The van der Waals surface area contributed by atoms with Gasteiger partial charge in [0.2, 0.25) is 0 Å². The van der Waals surface area contributed by atoms with Crippen molar-refractivity contribution in [2.75, 3.05) is 5.75 Å². The Hall–Kier alpha value is -1.56. The summed E-state index contributed by atoms with van der Waals surface area (Å²) >= 11 is 7.48. The molecular weight excluding hydrogens is 298 g/mol. The Balaban J connectivity index is 2.00. The van der Waals surface area contributed by atoms with E-state index in [4.69, 9.17) is 11.6 Å². The molecule has 0 saturated carbocycles. The molecule has 0 radical (unpaired) electrons. The lowest BCUT2D eigenvalue weighted by Crippen LogP contribution is -2.00. The van der Waals surface area contributed by atoms with Gasteiger partial charge in [0.15, 0.2) is 0 Å². The Bertz CT molecular complexity index is 604. The van der Waals surface area contributed by atoms with Crippen LogP contribution < -0.4 is 0 Å². The first-order valence-corrected chi connectivity index (χ1v) is 7.24. The smallest absolute Gasteiger partial charge is 0.269 e. The molecule has 0 heterocycles. The first-order valence-electron chi connectivity index (χ1n) is 5.87. The van der Waals surface area contributed by atoms with Crippen molar-refractivity contribution in [1.29, 1.82) is 0 Å². The second-order valence-corrected chi connectivity index (χ2v) is 5.57. The average Bonchev–Trinajstić information content (AvgIpc) is 2.46. The van der Waals surface area contributed by atoms with Crippen LogP contribution in [0.5, 0.6) is 0 Å². The zero-order valence-corrected chi connectivity index (χ0v) is 12.0. The zero-order chi connectivity index (χ0) is 14.5. The lowest BCUT2D eigenvalue weighted by atomic mass is 10.1. The number of halogens is 1. The lowest BCUT2D eigenvalue weighted by Gasteiger charge is -2.11. The first-order chi connectivity index (χ1) is 9.58. The van der Waals surface area contributed by atoms with E-state index >= 15 is 0 Å². The normalized spacial score (nSPS) is 12.1. The molecule has 1 unspecified atom stereocenters. The topological polar surface area (TPSA) is 63.4 Å². The number of rotatable bonds is 5. The van der Waals surface area contributed by atoms with Gasteiger partial charge in [-0.25, -0.2) is 0 Å². The molecule has 0 fully saturated rings. The minimum Gasteiger partial charge on any atom is -0.388 e. The summed E-state index contributed by atoms with van der Waals surface area (Å²) in [6.07, 6.45) is -0.697. The Morgan fingerprint density at radius 1 is 1.20 bits per heavy atom. The van der Waals surface area contributed by atoms with Crippen LogP contribution in [0.15, 0.2) is 53.4 Å². The summed E-state index contributed by atoms with van der Waals surface area (Å²) in [5, 5.41) is 21.3. The quantitative estimate of drug-likeness (QED) is 0.513. The molecule has 0 bridgehead atoms. The molecule has 2 aromatic rings. The summed E-state index contributed by atoms with van der Waals surface area (Å²) in [4.78, 5) is 11.0. The van der Waals surface area contributed by atoms with Crippen molar-refractivity contribution in [3.05, 3.63) is 69.2 Å². The van der Waals surface area contributed by atoms with Crippen LogP contribution in [0, 0.1) is 10.1 Å². The molecule has 1 N–H and O–H groups in total. The van der Waals surface area contributed by atoms with Crippen molar-refractivity contribution < 1.29 is 10.0 Å². The summed E-state index contributed by atoms with van der Waals surface area (Å²) in [5.74, 6) is 0.432. The predicted molar refractivity (Wildman–Crippen MR) is 80.2 cm³/mol. The third kappa shape index (κ3) is 3.72. The van der Waals surface area contributed by atoms with Gasteiger partial charge in [0.05, 0.1) is 16.0 Å². The molecule has 1 atom stereocenters. The van der Waals surface area contributed by atoms with Crippen LogP contribution in [0.2, 0.25) is 5.02 Å². The Morgan fingerprint density at radius 2 is 1.85 bits per heavy atom. The number of aliphatic hydroxyl groups is 1. The summed E-state index contributed by atoms with van der Waals surface area (Å²) in [6.45, 7) is 0. The number of benzene rings is 2. The van der Waals surface area contributed by atoms with Gasteiger partial charge in [-0.1, -0.05) is 23.7 Å². The number of non-ortho nitro benzene ring substituents is 1. The number of nitro benzene ring substituents is 1. The summed E-state index contributed by atoms with van der Waals surface area (Å²) in [7, 11) is 0. The highest BCUT2D eigenvalue weighted by Crippen LogP contribution is 2.30. The van der Waals surface area contributed by atoms with Crippen LogP contribution in [0.25, 0.3) is 0 Å². The highest BCUT2D eigenvalue weighted by molar-refractivity contribution is 7.99. The molecule has 0 aliphatic rings. The molecule has 2 aromatic carbocycles. The van der Waals surface area contributed by atoms with Gasteiger partial charge in [-0.3, -0.25) is 10.1 Å². The van der Waals surface area contributed by atoms with E-state index in [-0.39, 0.29) is 5.69 Å². The Kier molecular flexibility index (Phi) is 5.00. The molecule has 2 rings (SSSR count). The van der Waals surface area contributed by atoms with E-state index < -0.39 is 11.0 Å². The summed E-state index contributed by atoms with van der Waals surface area (Å²) in [6, 6.07) is 13.3. The van der Waals surface area contributed by atoms with Crippen LogP contribution in [0.1, 0.15) is 11.7 Å². The third-order valence-electron chi connectivity index (χ3n) is 2.72. The molecule has 6 heteroatoms. The maximum Gasteiger partial charge on any atom is 0.269 e. The number of nitro groups is 1. The molecule has 104 valence electrons. The van der Waals surface area contributed by atoms with Crippen molar-refractivity contribution >= 4 is 29.1 Å². The predicted octanol–water partition coefficient (Wildman–Crippen LogP) is 4.07. The molecule has 4 nitrogen and oxygen atoms in total. The van der Waals surface area contributed by atoms with E-state index in [9.17, 15) is 15.2 Å². The van der Waals surface area contributed by atoms with Gasteiger partial charge in [0, 0.05) is 22.8 Å². The highest BCUT2D eigenvalue weighted by atomic mass is 35.5. The minimum absolute atomic E-state index is 0.0136. The van der Waals surface area contributed by atoms with Crippen LogP contribution in [0.4, 0.5) is 5.69 Å². The van der Waals surface area contributed by atoms with E-state index in [2.05, 4.69) is 0 Å². The fraction of sp³-hybridized carbons (Fsp3) is 0.143. The van der Waals surface area contributed by atoms with Gasteiger partial charge in [-0.05, 0) is 29.8 Å². The van der Waals surface area contributed by atoms with E-state index in [1.54, 1.807) is 18.2 Å². The van der Waals surface area contributed by atoms with Gasteiger partial charge < -0.3 is 5.11 Å². The van der Waals surface area contributed by atoms with Gasteiger partial charge in [0.1, 0.15) is 0 Å². The van der Waals surface area contributed by atoms with Gasteiger partial charge in [-0.15, -0.1) is 11.8 Å². The molecule has 0 amide bonds. The van der Waals surface area contributed by atoms with E-state index in [0.29, 0.717) is 16.3 Å². The van der Waals surface area contributed by atoms with Crippen LogP contribution in [-0.2, 0) is 0 Å². The van der Waals surface area contributed by atoms with Crippen molar-refractivity contribution in [2.24, 2.45) is 0 Å². The SMILES string of the molecule is O=[N+]([O-])c1ccc(C(O)CSc2ccccc2Cl)cc1. The molecule has 0 aliphatic heterocycles. The van der Waals surface area contributed by atoms with Gasteiger partial charge >= 0.3 is 0 Å². The number of aliphatic hydroxyl groups excluding tert-OH is 1. The van der Waals surface area contributed by atoms with Gasteiger partial charge in [-0.2, -0.15) is 0 Å². The lowest BCUT2D eigenvalue weighted by molar-refractivity contribution is -0.384. The second kappa shape index (κ2) is 6.74. The maximum atomic E-state index is 10.6. The number of thioether (sulfide) groups is 1. The van der Waals surface area contributed by atoms with Crippen molar-refractivity contribution in [1.82, 2.24) is 0 Å². The van der Waals surface area contributed by atoms with E-state index in [1.165, 1.54) is 23.9 Å². The number of hydrogen-bond acceptors (Lipinski definition) is 4. The standard InChI is InChI=1S/C14H12ClNO3S/c15-12-3-1-2-4-14(12)20-9-13(17)10-5-7-11(8-6-10)16(18)19/h1-8,13,17H,9H2. The molecule has 0 aromatic heterocycles. The minimum atomic E-state index is -0.697. The number of nitrogens with zero attached hydrogens (tertiary/aromatic N) is 1. The van der Waals surface area contributed by atoms with Crippen molar-refractivity contribution in [2.45, 2.75) is 11.0 Å². The average molecular weight is 310 g/mol. The van der Waals surface area contributed by atoms with E-state index in [1.807, 2.05) is 18.2 Å². The highest BCUT2D eigenvalue weighted by Gasteiger charge is 2.11. The second-order valence-electron chi connectivity index (χ2n) is 4.11. The monoisotopic (exact) mass is 309 g/mol. The molecular formula is C14H12ClNO3S. The molecule has 0 aliphatic carbocycles. The molecule has 0 saturated heterocycles. The largest absolute Gasteiger partial charge is 0.388 e. The van der Waals surface area contributed by atoms with Gasteiger partial charge in [0.25, 0.3) is 5.69 Å². The maximum absolute atomic E-state index is 10.6. The van der Waals surface area contributed by atoms with E-state index in [0.717, 1.165) is 4.90 Å². The zero-order valence-electron chi connectivity index (χ0n) is 10.4.